The molecule has 0 saturated carbocycles. The zero-order valence-electron chi connectivity index (χ0n) is 11.2. The van der Waals surface area contributed by atoms with Crippen molar-refractivity contribution in [2.45, 2.75) is 0 Å². The zero-order chi connectivity index (χ0) is 14.1. The highest BCUT2D eigenvalue weighted by Crippen LogP contribution is 2.25. The average molecular weight is 272 g/mol. The van der Waals surface area contributed by atoms with E-state index in [4.69, 9.17) is 4.74 Å². The highest BCUT2D eigenvalue weighted by molar-refractivity contribution is 5.84. The standard InChI is InChI=1S/C18H12N2O/c1-2-4-15-11-16(7-5-13(15)3-1)21-18-8-6-14-9-10-19-12-17(14)20-18/h1-12H. The second kappa shape index (κ2) is 4.87. The number of fused-ring (bicyclic) bond motifs is 2. The fourth-order valence-corrected chi connectivity index (χ4v) is 2.36. The second-order valence-electron chi connectivity index (χ2n) is 4.83. The van der Waals surface area contributed by atoms with Gasteiger partial charge in [-0.05, 0) is 35.0 Å². The Morgan fingerprint density at radius 3 is 2.57 bits per heavy atom. The van der Waals surface area contributed by atoms with E-state index in [1.54, 1.807) is 12.4 Å². The first-order valence-corrected chi connectivity index (χ1v) is 6.76. The van der Waals surface area contributed by atoms with Gasteiger partial charge in [0.25, 0.3) is 0 Å². The smallest absolute Gasteiger partial charge is 0.219 e. The lowest BCUT2D eigenvalue weighted by Gasteiger charge is -2.07. The van der Waals surface area contributed by atoms with Crippen LogP contribution < -0.4 is 4.74 Å². The molecule has 0 aliphatic heterocycles. The van der Waals surface area contributed by atoms with Crippen LogP contribution in [0.1, 0.15) is 0 Å². The van der Waals surface area contributed by atoms with E-state index >= 15 is 0 Å². The number of pyridine rings is 2. The van der Waals surface area contributed by atoms with Crippen molar-refractivity contribution in [2.24, 2.45) is 0 Å². The molecule has 2 aromatic carbocycles. The fourth-order valence-electron chi connectivity index (χ4n) is 2.36. The zero-order valence-corrected chi connectivity index (χ0v) is 11.2. The van der Waals surface area contributed by atoms with Gasteiger partial charge in [-0.1, -0.05) is 30.3 Å². The van der Waals surface area contributed by atoms with E-state index in [9.17, 15) is 0 Å². The van der Waals surface area contributed by atoms with Crippen LogP contribution in [0.25, 0.3) is 21.7 Å². The van der Waals surface area contributed by atoms with Crippen molar-refractivity contribution in [2.75, 3.05) is 0 Å². The number of hydrogen-bond donors (Lipinski definition) is 0. The summed E-state index contributed by atoms with van der Waals surface area (Å²) in [6.07, 6.45) is 3.50. The molecular weight excluding hydrogens is 260 g/mol. The van der Waals surface area contributed by atoms with Crippen LogP contribution in [0.3, 0.4) is 0 Å². The molecule has 0 aliphatic carbocycles. The molecule has 0 bridgehead atoms. The van der Waals surface area contributed by atoms with Crippen molar-refractivity contribution >= 4 is 21.7 Å². The predicted octanol–water partition coefficient (Wildman–Crippen LogP) is 4.58. The lowest BCUT2D eigenvalue weighted by Crippen LogP contribution is -1.89. The highest BCUT2D eigenvalue weighted by atomic mass is 16.5. The van der Waals surface area contributed by atoms with Crippen LogP contribution in [0.2, 0.25) is 0 Å². The Labute approximate surface area is 121 Å². The number of ether oxygens (including phenoxy) is 1. The van der Waals surface area contributed by atoms with Crippen molar-refractivity contribution in [3.8, 4) is 11.6 Å². The SMILES string of the molecule is c1ccc2cc(Oc3ccc4ccncc4n3)ccc2c1. The van der Waals surface area contributed by atoms with Crippen molar-refractivity contribution in [3.05, 3.63) is 73.1 Å². The van der Waals surface area contributed by atoms with Crippen LogP contribution in [0.5, 0.6) is 11.6 Å². The summed E-state index contributed by atoms with van der Waals surface area (Å²) in [5, 5.41) is 3.40. The van der Waals surface area contributed by atoms with Crippen molar-refractivity contribution < 1.29 is 4.74 Å². The van der Waals surface area contributed by atoms with Crippen molar-refractivity contribution in [1.82, 2.24) is 9.97 Å². The van der Waals surface area contributed by atoms with E-state index in [1.807, 2.05) is 48.5 Å². The first-order valence-electron chi connectivity index (χ1n) is 6.76. The summed E-state index contributed by atoms with van der Waals surface area (Å²) >= 11 is 0. The van der Waals surface area contributed by atoms with Gasteiger partial charge in [0.15, 0.2) is 0 Å². The molecule has 0 radical (unpaired) electrons. The van der Waals surface area contributed by atoms with Gasteiger partial charge in [-0.25, -0.2) is 4.98 Å². The minimum atomic E-state index is 0.575. The predicted molar refractivity (Wildman–Crippen MR) is 83.6 cm³/mol. The number of nitrogens with zero attached hydrogens (tertiary/aromatic N) is 2. The molecule has 0 atom stereocenters. The lowest BCUT2D eigenvalue weighted by atomic mass is 10.1. The Morgan fingerprint density at radius 2 is 1.62 bits per heavy atom. The van der Waals surface area contributed by atoms with Gasteiger partial charge in [0.2, 0.25) is 5.88 Å². The molecule has 0 spiro atoms. The molecule has 4 rings (SSSR count). The molecule has 0 saturated heterocycles. The number of rotatable bonds is 2. The molecule has 0 N–H and O–H groups in total. The summed E-state index contributed by atoms with van der Waals surface area (Å²) in [6.45, 7) is 0. The average Bonchev–Trinajstić information content (AvgIpc) is 2.55. The van der Waals surface area contributed by atoms with Crippen LogP contribution in [-0.2, 0) is 0 Å². The van der Waals surface area contributed by atoms with E-state index < -0.39 is 0 Å². The fraction of sp³-hybridized carbons (Fsp3) is 0. The quantitative estimate of drug-likeness (QED) is 0.536. The van der Waals surface area contributed by atoms with Gasteiger partial charge in [0, 0.05) is 17.6 Å². The number of hydrogen-bond acceptors (Lipinski definition) is 3. The molecule has 2 aromatic heterocycles. The monoisotopic (exact) mass is 272 g/mol. The third-order valence-corrected chi connectivity index (χ3v) is 3.41. The molecule has 4 aromatic rings. The minimum Gasteiger partial charge on any atom is -0.439 e. The lowest BCUT2D eigenvalue weighted by molar-refractivity contribution is 0.466. The largest absolute Gasteiger partial charge is 0.439 e. The molecule has 0 unspecified atom stereocenters. The molecule has 0 aliphatic rings. The van der Waals surface area contributed by atoms with Gasteiger partial charge in [-0.2, -0.15) is 0 Å². The molecule has 100 valence electrons. The Bertz CT molecular complexity index is 857. The minimum absolute atomic E-state index is 0.575. The normalized spacial score (nSPS) is 10.9. The van der Waals surface area contributed by atoms with E-state index in [0.717, 1.165) is 22.0 Å². The van der Waals surface area contributed by atoms with Gasteiger partial charge >= 0.3 is 0 Å². The second-order valence-corrected chi connectivity index (χ2v) is 4.83. The topological polar surface area (TPSA) is 35.0 Å². The summed E-state index contributed by atoms with van der Waals surface area (Å²) in [6, 6.07) is 20.0. The third-order valence-electron chi connectivity index (χ3n) is 3.41. The van der Waals surface area contributed by atoms with E-state index in [0.29, 0.717) is 5.88 Å². The van der Waals surface area contributed by atoms with Crippen LogP contribution in [-0.4, -0.2) is 9.97 Å². The maximum absolute atomic E-state index is 5.86. The molecule has 3 heteroatoms. The van der Waals surface area contributed by atoms with Gasteiger partial charge in [-0.3, -0.25) is 4.98 Å². The number of aromatic nitrogens is 2. The van der Waals surface area contributed by atoms with Crippen LogP contribution in [0, 0.1) is 0 Å². The van der Waals surface area contributed by atoms with E-state index in [2.05, 4.69) is 22.1 Å². The molecule has 21 heavy (non-hydrogen) atoms. The number of benzene rings is 2. The van der Waals surface area contributed by atoms with Crippen LogP contribution in [0.15, 0.2) is 73.1 Å². The molecule has 3 nitrogen and oxygen atoms in total. The van der Waals surface area contributed by atoms with Crippen LogP contribution >= 0.6 is 0 Å². The van der Waals surface area contributed by atoms with Crippen LogP contribution in [0.4, 0.5) is 0 Å². The highest BCUT2D eigenvalue weighted by Gasteiger charge is 2.02. The van der Waals surface area contributed by atoms with E-state index in [1.165, 1.54) is 5.39 Å². The van der Waals surface area contributed by atoms with Gasteiger partial charge in [0.05, 0.1) is 11.7 Å². The first kappa shape index (κ1) is 11.9. The molecule has 0 fully saturated rings. The Hall–Kier alpha value is -2.94. The summed E-state index contributed by atoms with van der Waals surface area (Å²) in [4.78, 5) is 8.55. The molecule has 2 heterocycles. The van der Waals surface area contributed by atoms with Gasteiger partial charge in [0.1, 0.15) is 5.75 Å². The maximum Gasteiger partial charge on any atom is 0.219 e. The summed E-state index contributed by atoms with van der Waals surface area (Å²) in [7, 11) is 0. The Kier molecular flexibility index (Phi) is 2.75. The Morgan fingerprint density at radius 1 is 0.762 bits per heavy atom. The first-order chi connectivity index (χ1) is 10.4. The summed E-state index contributed by atoms with van der Waals surface area (Å²) < 4.78 is 5.86. The molecular formula is C18H12N2O. The Balaban J connectivity index is 1.71. The summed E-state index contributed by atoms with van der Waals surface area (Å²) in [5.41, 5.74) is 0.829. The van der Waals surface area contributed by atoms with E-state index in [-0.39, 0.29) is 0 Å². The van der Waals surface area contributed by atoms with Gasteiger partial charge < -0.3 is 4.74 Å². The van der Waals surface area contributed by atoms with Crippen molar-refractivity contribution in [1.29, 1.82) is 0 Å². The van der Waals surface area contributed by atoms with Gasteiger partial charge in [-0.15, -0.1) is 0 Å². The third kappa shape index (κ3) is 2.30. The summed E-state index contributed by atoms with van der Waals surface area (Å²) in [5.74, 6) is 1.36. The van der Waals surface area contributed by atoms with Crippen molar-refractivity contribution in [3.63, 3.8) is 0 Å². The molecule has 0 amide bonds. The maximum atomic E-state index is 5.86.